The van der Waals surface area contributed by atoms with E-state index in [-0.39, 0.29) is 23.8 Å². The number of amides is 1. The van der Waals surface area contributed by atoms with Crippen LogP contribution in [0.2, 0.25) is 0 Å². The zero-order valence-corrected chi connectivity index (χ0v) is 21.0. The van der Waals surface area contributed by atoms with Gasteiger partial charge in [0.05, 0.1) is 37.2 Å². The van der Waals surface area contributed by atoms with Crippen LogP contribution in [0.15, 0.2) is 42.9 Å². The van der Waals surface area contributed by atoms with Gasteiger partial charge < -0.3 is 14.8 Å². The molecule has 1 aliphatic heterocycles. The van der Waals surface area contributed by atoms with Crippen LogP contribution in [-0.4, -0.2) is 49.6 Å². The highest BCUT2D eigenvalue weighted by Gasteiger charge is 2.45. The Morgan fingerprint density at radius 3 is 2.89 bits per heavy atom. The third kappa shape index (κ3) is 4.46. The van der Waals surface area contributed by atoms with E-state index >= 15 is 4.39 Å². The predicted octanol–water partition coefficient (Wildman–Crippen LogP) is 4.12. The Morgan fingerprint density at radius 2 is 2.16 bits per heavy atom. The summed E-state index contributed by atoms with van der Waals surface area (Å²) in [7, 11) is 1.75. The first kappa shape index (κ1) is 23.6. The Balaban J connectivity index is 1.19. The van der Waals surface area contributed by atoms with Gasteiger partial charge in [-0.05, 0) is 37.5 Å². The van der Waals surface area contributed by atoms with E-state index in [0.29, 0.717) is 47.5 Å². The minimum absolute atomic E-state index is 0.107. The van der Waals surface area contributed by atoms with Crippen LogP contribution in [0.25, 0.3) is 16.8 Å². The number of carbonyl (C=O) groups excluding carboxylic acids is 1. The first-order valence-corrected chi connectivity index (χ1v) is 12.6. The van der Waals surface area contributed by atoms with Crippen LogP contribution in [0, 0.1) is 24.6 Å². The minimum atomic E-state index is -0.465. The van der Waals surface area contributed by atoms with E-state index in [1.165, 1.54) is 10.7 Å². The second-order valence-electron chi connectivity index (χ2n) is 9.96. The van der Waals surface area contributed by atoms with Crippen molar-refractivity contribution in [2.24, 2.45) is 18.9 Å². The molecular formula is C27H29FN6O3. The molecule has 6 rings (SSSR count). The molecule has 4 aromatic heterocycles. The Labute approximate surface area is 213 Å². The van der Waals surface area contributed by atoms with Gasteiger partial charge in [0, 0.05) is 48.3 Å². The van der Waals surface area contributed by atoms with Crippen molar-refractivity contribution in [3.05, 3.63) is 59.9 Å². The van der Waals surface area contributed by atoms with Crippen LogP contribution in [0.3, 0.4) is 0 Å². The van der Waals surface area contributed by atoms with Crippen molar-refractivity contribution in [3.8, 4) is 17.0 Å². The summed E-state index contributed by atoms with van der Waals surface area (Å²) in [5, 5.41) is 11.5. The van der Waals surface area contributed by atoms with Crippen LogP contribution in [0.5, 0.6) is 5.75 Å². The number of hydrogen-bond acceptors (Lipinski definition) is 6. The molecular weight excluding hydrogens is 475 g/mol. The standard InChI is InChI=1S/C27H29FN6O3/c1-4-23-16(13-36-23)14-37-24-11-30-33(3)26(24)20-7-17-8-25(32-34(17)12-21(20)28)31-27(35)19-9-18(19)22-6-5-15(2)10-29-22/h5-8,10-12,16,18-19,23H,4,9,13-14H2,1-3H3,(H,31,32,35)/t16?,18-,19+,23?/m1/s1. The predicted molar refractivity (Wildman–Crippen MR) is 135 cm³/mol. The third-order valence-corrected chi connectivity index (χ3v) is 7.31. The quantitative estimate of drug-likeness (QED) is 0.388. The normalized spacial score (nSPS) is 22.6. The zero-order valence-electron chi connectivity index (χ0n) is 21.0. The van der Waals surface area contributed by atoms with E-state index in [1.807, 2.05) is 25.3 Å². The summed E-state index contributed by atoms with van der Waals surface area (Å²) in [5.74, 6) is 0.612. The molecule has 37 heavy (non-hydrogen) atoms. The molecule has 192 valence electrons. The van der Waals surface area contributed by atoms with Crippen LogP contribution < -0.4 is 10.1 Å². The monoisotopic (exact) mass is 504 g/mol. The molecule has 5 heterocycles. The van der Waals surface area contributed by atoms with Crippen LogP contribution >= 0.6 is 0 Å². The molecule has 0 radical (unpaired) electrons. The minimum Gasteiger partial charge on any atom is -0.489 e. The Morgan fingerprint density at radius 1 is 1.30 bits per heavy atom. The molecule has 4 atom stereocenters. The van der Waals surface area contributed by atoms with Gasteiger partial charge in [0.15, 0.2) is 17.4 Å². The van der Waals surface area contributed by atoms with Crippen molar-refractivity contribution in [2.75, 3.05) is 18.5 Å². The number of rotatable bonds is 8. The Bertz CT molecular complexity index is 1460. The molecule has 1 amide bonds. The molecule has 1 saturated carbocycles. The van der Waals surface area contributed by atoms with Gasteiger partial charge in [0.2, 0.25) is 5.91 Å². The van der Waals surface area contributed by atoms with Crippen molar-refractivity contribution in [2.45, 2.75) is 38.7 Å². The Kier molecular flexibility index (Phi) is 5.91. The Hall–Kier alpha value is -3.79. The average molecular weight is 505 g/mol. The fraction of sp³-hybridized carbons (Fsp3) is 0.407. The lowest BCUT2D eigenvalue weighted by Crippen LogP contribution is -2.42. The molecule has 0 spiro atoms. The largest absolute Gasteiger partial charge is 0.489 e. The molecule has 10 heteroatoms. The number of halogens is 1. The highest BCUT2D eigenvalue weighted by Crippen LogP contribution is 2.47. The summed E-state index contributed by atoms with van der Waals surface area (Å²) in [6.45, 7) is 5.23. The van der Waals surface area contributed by atoms with E-state index < -0.39 is 5.82 Å². The van der Waals surface area contributed by atoms with Crippen molar-refractivity contribution in [1.29, 1.82) is 0 Å². The van der Waals surface area contributed by atoms with Gasteiger partial charge in [0.1, 0.15) is 5.69 Å². The molecule has 1 N–H and O–H groups in total. The van der Waals surface area contributed by atoms with Gasteiger partial charge in [-0.3, -0.25) is 14.5 Å². The smallest absolute Gasteiger partial charge is 0.229 e. The number of fused-ring (bicyclic) bond motifs is 1. The lowest BCUT2D eigenvalue weighted by atomic mass is 9.97. The lowest BCUT2D eigenvalue weighted by Gasteiger charge is -2.35. The summed E-state index contributed by atoms with van der Waals surface area (Å²) in [5.41, 5.74) is 3.56. The van der Waals surface area contributed by atoms with Crippen LogP contribution in [0.4, 0.5) is 10.2 Å². The zero-order chi connectivity index (χ0) is 25.7. The highest BCUT2D eigenvalue weighted by atomic mass is 19.1. The maximum atomic E-state index is 15.2. The third-order valence-electron chi connectivity index (χ3n) is 7.31. The summed E-state index contributed by atoms with van der Waals surface area (Å²) in [4.78, 5) is 17.3. The summed E-state index contributed by atoms with van der Waals surface area (Å²) in [6.07, 6.45) is 6.62. The molecule has 2 unspecified atom stereocenters. The van der Waals surface area contributed by atoms with Crippen molar-refractivity contribution >= 4 is 17.2 Å². The van der Waals surface area contributed by atoms with Crippen molar-refractivity contribution in [3.63, 3.8) is 0 Å². The van der Waals surface area contributed by atoms with Gasteiger partial charge in [-0.25, -0.2) is 8.91 Å². The summed E-state index contributed by atoms with van der Waals surface area (Å²) in [6, 6.07) is 7.41. The number of aromatic nitrogens is 5. The van der Waals surface area contributed by atoms with Gasteiger partial charge in [-0.1, -0.05) is 13.0 Å². The maximum absolute atomic E-state index is 15.2. The van der Waals surface area contributed by atoms with E-state index in [0.717, 1.165) is 24.1 Å². The second-order valence-corrected chi connectivity index (χ2v) is 9.96. The average Bonchev–Trinajstić information content (AvgIpc) is 3.45. The van der Waals surface area contributed by atoms with E-state index in [4.69, 9.17) is 9.47 Å². The second kappa shape index (κ2) is 9.26. The molecule has 2 fully saturated rings. The van der Waals surface area contributed by atoms with Crippen molar-refractivity contribution in [1.82, 2.24) is 24.4 Å². The molecule has 1 aliphatic carbocycles. The topological polar surface area (TPSA) is 95.6 Å². The summed E-state index contributed by atoms with van der Waals surface area (Å²) < 4.78 is 29.9. The van der Waals surface area contributed by atoms with Gasteiger partial charge in [-0.15, -0.1) is 5.10 Å². The van der Waals surface area contributed by atoms with E-state index in [2.05, 4.69) is 27.4 Å². The van der Waals surface area contributed by atoms with Crippen LogP contribution in [-0.2, 0) is 16.6 Å². The lowest BCUT2D eigenvalue weighted by molar-refractivity contribution is -0.128. The number of pyridine rings is 2. The van der Waals surface area contributed by atoms with Crippen molar-refractivity contribution < 1.29 is 18.7 Å². The highest BCUT2D eigenvalue weighted by molar-refractivity contribution is 5.95. The molecule has 9 nitrogen and oxygen atoms in total. The number of nitrogens with zero attached hydrogens (tertiary/aromatic N) is 5. The number of nitrogens with one attached hydrogen (secondary N) is 1. The van der Waals surface area contributed by atoms with Crippen LogP contribution in [0.1, 0.15) is 36.9 Å². The molecule has 0 aromatic carbocycles. The molecule has 4 aromatic rings. The van der Waals surface area contributed by atoms with E-state index in [1.54, 1.807) is 30.1 Å². The number of carbonyl (C=O) groups is 1. The fourth-order valence-corrected chi connectivity index (χ4v) is 4.99. The van der Waals surface area contributed by atoms with Gasteiger partial charge >= 0.3 is 0 Å². The first-order chi connectivity index (χ1) is 17.9. The molecule has 2 aliphatic rings. The van der Waals surface area contributed by atoms with Gasteiger partial charge in [0.25, 0.3) is 0 Å². The van der Waals surface area contributed by atoms with E-state index in [9.17, 15) is 4.79 Å². The first-order valence-electron chi connectivity index (χ1n) is 12.6. The number of hydrogen-bond donors (Lipinski definition) is 1. The number of aryl methyl sites for hydroxylation is 2. The number of ether oxygens (including phenoxy) is 2. The molecule has 0 bridgehead atoms. The summed E-state index contributed by atoms with van der Waals surface area (Å²) >= 11 is 0. The fourth-order valence-electron chi connectivity index (χ4n) is 4.99. The maximum Gasteiger partial charge on any atom is 0.229 e. The SMILES string of the molecule is CCC1OCC1COc1cnn(C)c1-c1cc2cc(NC(=O)[C@H]3C[C@H]3c3ccc(C)cn3)nn2cc1F. The van der Waals surface area contributed by atoms with Gasteiger partial charge in [-0.2, -0.15) is 5.10 Å². The number of anilines is 1. The molecule has 1 saturated heterocycles.